The summed E-state index contributed by atoms with van der Waals surface area (Å²) in [5.41, 5.74) is 0. The van der Waals surface area contributed by atoms with Crippen molar-refractivity contribution in [2.45, 2.75) is 25.7 Å². The molecule has 1 unspecified atom stereocenters. The van der Waals surface area contributed by atoms with Crippen LogP contribution in [-0.2, 0) is 9.59 Å². The van der Waals surface area contributed by atoms with E-state index in [0.717, 1.165) is 25.9 Å². The largest absolute Gasteiger partial charge is 0.347 e. The van der Waals surface area contributed by atoms with Crippen molar-refractivity contribution in [3.63, 3.8) is 0 Å². The lowest BCUT2D eigenvalue weighted by Crippen LogP contribution is -2.38. The standard InChI is InChI=1S/C13H24N3O2/c1-15(2)13(18)10-16(3)12(17)7-6-11-5-4-8-14-9-11/h11H,4-10H2,1-3H3. The van der Waals surface area contributed by atoms with Gasteiger partial charge >= 0.3 is 0 Å². The number of carbonyl (C=O) groups is 2. The van der Waals surface area contributed by atoms with E-state index in [1.807, 2.05) is 0 Å². The Morgan fingerprint density at radius 3 is 2.50 bits per heavy atom. The van der Waals surface area contributed by atoms with Crippen molar-refractivity contribution in [2.75, 3.05) is 40.8 Å². The predicted octanol–water partition coefficient (Wildman–Crippen LogP) is 0.328. The summed E-state index contributed by atoms with van der Waals surface area (Å²) in [4.78, 5) is 26.4. The Morgan fingerprint density at radius 2 is 1.94 bits per heavy atom. The quantitative estimate of drug-likeness (QED) is 0.710. The lowest BCUT2D eigenvalue weighted by atomic mass is 9.94. The molecule has 1 aliphatic rings. The highest BCUT2D eigenvalue weighted by molar-refractivity contribution is 5.84. The number of carbonyl (C=O) groups excluding carboxylic acids is 2. The van der Waals surface area contributed by atoms with Crippen molar-refractivity contribution in [1.82, 2.24) is 15.1 Å². The lowest BCUT2D eigenvalue weighted by Gasteiger charge is -2.23. The Morgan fingerprint density at radius 1 is 1.22 bits per heavy atom. The molecule has 0 bridgehead atoms. The number of nitrogens with zero attached hydrogens (tertiary/aromatic N) is 3. The molecule has 5 heteroatoms. The van der Waals surface area contributed by atoms with Gasteiger partial charge in [0, 0.05) is 40.7 Å². The van der Waals surface area contributed by atoms with Crippen LogP contribution in [0.5, 0.6) is 0 Å². The second-order valence-electron chi connectivity index (χ2n) is 5.21. The summed E-state index contributed by atoms with van der Waals surface area (Å²) in [5.74, 6) is 0.565. The molecule has 0 aromatic carbocycles. The van der Waals surface area contributed by atoms with Gasteiger partial charge in [-0.25, -0.2) is 5.32 Å². The van der Waals surface area contributed by atoms with Gasteiger partial charge in [-0.1, -0.05) is 0 Å². The first-order valence-corrected chi connectivity index (χ1v) is 6.58. The third-order valence-corrected chi connectivity index (χ3v) is 3.38. The number of likely N-dealkylation sites (N-methyl/N-ethyl adjacent to an activating group) is 2. The minimum atomic E-state index is -0.0430. The van der Waals surface area contributed by atoms with Crippen molar-refractivity contribution >= 4 is 11.8 Å². The molecule has 1 fully saturated rings. The van der Waals surface area contributed by atoms with Gasteiger partial charge in [-0.15, -0.1) is 0 Å². The number of amides is 2. The third-order valence-electron chi connectivity index (χ3n) is 3.38. The second kappa shape index (κ2) is 7.36. The van der Waals surface area contributed by atoms with Crippen molar-refractivity contribution in [3.05, 3.63) is 0 Å². The Bertz CT molecular complexity index is 286. The van der Waals surface area contributed by atoms with E-state index in [-0.39, 0.29) is 18.4 Å². The van der Waals surface area contributed by atoms with Crippen molar-refractivity contribution in [1.29, 1.82) is 0 Å². The van der Waals surface area contributed by atoms with Gasteiger partial charge in [-0.2, -0.15) is 0 Å². The fraction of sp³-hybridized carbons (Fsp3) is 0.846. The van der Waals surface area contributed by atoms with Crippen LogP contribution in [0, 0.1) is 5.92 Å². The Kier molecular flexibility index (Phi) is 6.12. The summed E-state index contributed by atoms with van der Waals surface area (Å²) in [7, 11) is 5.09. The van der Waals surface area contributed by atoms with Crippen LogP contribution in [0.1, 0.15) is 25.7 Å². The average molecular weight is 254 g/mol. The van der Waals surface area contributed by atoms with Crippen LogP contribution in [0.15, 0.2) is 0 Å². The molecule has 1 heterocycles. The zero-order chi connectivity index (χ0) is 13.5. The first kappa shape index (κ1) is 15.0. The van der Waals surface area contributed by atoms with Crippen molar-refractivity contribution in [2.24, 2.45) is 5.92 Å². The third kappa shape index (κ3) is 5.04. The van der Waals surface area contributed by atoms with E-state index in [1.165, 1.54) is 16.2 Å². The molecular formula is C13H24N3O2. The van der Waals surface area contributed by atoms with E-state index in [0.29, 0.717) is 12.3 Å². The van der Waals surface area contributed by atoms with E-state index in [1.54, 1.807) is 21.1 Å². The first-order valence-electron chi connectivity index (χ1n) is 6.58. The van der Waals surface area contributed by atoms with Gasteiger partial charge in [-0.3, -0.25) is 9.59 Å². The zero-order valence-electron chi connectivity index (χ0n) is 11.7. The monoisotopic (exact) mass is 254 g/mol. The van der Waals surface area contributed by atoms with Gasteiger partial charge in [0.2, 0.25) is 11.8 Å². The van der Waals surface area contributed by atoms with E-state index in [4.69, 9.17) is 0 Å². The molecule has 2 amide bonds. The SMILES string of the molecule is CN(C)C(=O)CN(C)C(=O)CCC1CCC[N]C1. The van der Waals surface area contributed by atoms with Gasteiger partial charge in [0.15, 0.2) is 0 Å². The molecule has 1 radical (unpaired) electrons. The minimum absolute atomic E-state index is 0.0430. The molecule has 103 valence electrons. The van der Waals surface area contributed by atoms with Crippen molar-refractivity contribution < 1.29 is 9.59 Å². The maximum Gasteiger partial charge on any atom is 0.241 e. The summed E-state index contributed by atoms with van der Waals surface area (Å²) < 4.78 is 0. The van der Waals surface area contributed by atoms with E-state index < -0.39 is 0 Å². The Labute approximate surface area is 110 Å². The molecule has 0 aromatic rings. The summed E-state index contributed by atoms with van der Waals surface area (Å²) in [6.45, 7) is 2.04. The van der Waals surface area contributed by atoms with E-state index >= 15 is 0 Å². The topological polar surface area (TPSA) is 54.7 Å². The van der Waals surface area contributed by atoms with Crippen LogP contribution >= 0.6 is 0 Å². The fourth-order valence-electron chi connectivity index (χ4n) is 2.04. The molecule has 1 atom stereocenters. The zero-order valence-corrected chi connectivity index (χ0v) is 11.7. The smallest absolute Gasteiger partial charge is 0.241 e. The Balaban J connectivity index is 2.24. The molecule has 0 N–H and O–H groups in total. The number of piperidine rings is 1. The number of hydrogen-bond donors (Lipinski definition) is 0. The summed E-state index contributed by atoms with van der Waals surface area (Å²) in [6, 6.07) is 0. The first-order chi connectivity index (χ1) is 8.50. The van der Waals surface area contributed by atoms with Gasteiger partial charge in [0.1, 0.15) is 0 Å². The number of rotatable bonds is 5. The van der Waals surface area contributed by atoms with Crippen LogP contribution in [0.3, 0.4) is 0 Å². The van der Waals surface area contributed by atoms with Gasteiger partial charge < -0.3 is 9.80 Å². The number of hydrogen-bond acceptors (Lipinski definition) is 2. The molecule has 0 aromatic heterocycles. The molecule has 1 aliphatic heterocycles. The van der Waals surface area contributed by atoms with Gasteiger partial charge in [0.25, 0.3) is 0 Å². The molecule has 1 saturated heterocycles. The van der Waals surface area contributed by atoms with Gasteiger partial charge in [-0.05, 0) is 25.2 Å². The van der Waals surface area contributed by atoms with Crippen LogP contribution in [0.25, 0.3) is 0 Å². The lowest BCUT2D eigenvalue weighted by molar-refractivity contribution is -0.138. The highest BCUT2D eigenvalue weighted by atomic mass is 16.2. The summed E-state index contributed by atoms with van der Waals surface area (Å²) in [5, 5.41) is 4.37. The summed E-state index contributed by atoms with van der Waals surface area (Å²) in [6.07, 6.45) is 3.74. The predicted molar refractivity (Wildman–Crippen MR) is 70.2 cm³/mol. The molecular weight excluding hydrogens is 230 g/mol. The van der Waals surface area contributed by atoms with Crippen LogP contribution < -0.4 is 5.32 Å². The van der Waals surface area contributed by atoms with Gasteiger partial charge in [0.05, 0.1) is 6.54 Å². The van der Waals surface area contributed by atoms with E-state index in [2.05, 4.69) is 5.32 Å². The van der Waals surface area contributed by atoms with Crippen LogP contribution in [-0.4, -0.2) is 62.4 Å². The maximum absolute atomic E-state index is 11.9. The Hall–Kier alpha value is -1.10. The molecule has 0 aliphatic carbocycles. The molecule has 1 rings (SSSR count). The highest BCUT2D eigenvalue weighted by Crippen LogP contribution is 2.17. The summed E-state index contributed by atoms with van der Waals surface area (Å²) >= 11 is 0. The average Bonchev–Trinajstić information content (AvgIpc) is 2.36. The molecule has 0 spiro atoms. The maximum atomic E-state index is 11.9. The molecule has 5 nitrogen and oxygen atoms in total. The fourth-order valence-corrected chi connectivity index (χ4v) is 2.04. The molecule has 0 saturated carbocycles. The molecule has 18 heavy (non-hydrogen) atoms. The highest BCUT2D eigenvalue weighted by Gasteiger charge is 2.18. The van der Waals surface area contributed by atoms with E-state index in [9.17, 15) is 9.59 Å². The van der Waals surface area contributed by atoms with Crippen LogP contribution in [0.4, 0.5) is 0 Å². The minimum Gasteiger partial charge on any atom is -0.347 e. The van der Waals surface area contributed by atoms with Crippen molar-refractivity contribution in [3.8, 4) is 0 Å². The van der Waals surface area contributed by atoms with Crippen LogP contribution in [0.2, 0.25) is 0 Å². The second-order valence-corrected chi connectivity index (χ2v) is 5.21. The normalized spacial score (nSPS) is 19.4.